The van der Waals surface area contributed by atoms with Crippen LogP contribution in [0.2, 0.25) is 10.0 Å². The molecular weight excluding hydrogens is 521 g/mol. The number of carbonyl (C=O) groups is 4. The molecule has 0 spiro atoms. The predicted octanol–water partition coefficient (Wildman–Crippen LogP) is 5.81. The molecule has 1 aliphatic rings. The van der Waals surface area contributed by atoms with Crippen molar-refractivity contribution in [3.8, 4) is 0 Å². The van der Waals surface area contributed by atoms with Gasteiger partial charge in [0.25, 0.3) is 5.91 Å². The van der Waals surface area contributed by atoms with E-state index < -0.39 is 52.1 Å². The molecule has 190 valence electrons. The molecule has 3 aromatic carbocycles. The molecular formula is C27H21Cl2NO7. The third-order valence-electron chi connectivity index (χ3n) is 6.41. The zero-order valence-electron chi connectivity index (χ0n) is 19.3. The molecule has 0 unspecified atom stereocenters. The Hall–Kier alpha value is -3.88. The summed E-state index contributed by atoms with van der Waals surface area (Å²) in [5.74, 6) is -5.54. The minimum atomic E-state index is -1.62. The summed E-state index contributed by atoms with van der Waals surface area (Å²) in [6, 6.07) is 13.5. The van der Waals surface area contributed by atoms with E-state index in [1.54, 1.807) is 12.1 Å². The zero-order valence-corrected chi connectivity index (χ0v) is 20.8. The number of fused-ring (bicyclic) bond motifs is 1. The smallest absolute Gasteiger partial charge is 0.336 e. The number of aryl methyl sites for hydroxylation is 1. The Kier molecular flexibility index (Phi) is 7.52. The molecule has 1 atom stereocenters. The number of hydrogen-bond donors (Lipinski definition) is 3. The molecule has 0 aliphatic heterocycles. The van der Waals surface area contributed by atoms with Gasteiger partial charge in [0.2, 0.25) is 0 Å². The summed E-state index contributed by atoms with van der Waals surface area (Å²) < 4.78 is 0. The molecule has 0 aromatic heterocycles. The van der Waals surface area contributed by atoms with Crippen LogP contribution in [0.1, 0.15) is 77.0 Å². The largest absolute Gasteiger partial charge is 0.478 e. The maximum Gasteiger partial charge on any atom is 0.336 e. The number of carbonyl (C=O) groups excluding carboxylic acids is 1. The number of nitrogens with zero attached hydrogens (tertiary/aromatic N) is 1. The third kappa shape index (κ3) is 5.30. The van der Waals surface area contributed by atoms with E-state index in [-0.39, 0.29) is 6.54 Å². The lowest BCUT2D eigenvalue weighted by atomic mass is 9.86. The van der Waals surface area contributed by atoms with Gasteiger partial charge in [-0.15, -0.1) is 0 Å². The number of aromatic carboxylic acids is 3. The highest BCUT2D eigenvalue weighted by molar-refractivity contribution is 6.35. The maximum atomic E-state index is 14.1. The van der Waals surface area contributed by atoms with Gasteiger partial charge >= 0.3 is 17.9 Å². The standard InChI is InChI=1S/C27H21Cl2NO7/c28-16-9-8-15(22(29)10-16)13-30(23-7-3-5-14-4-1-2-6-17(14)23)24(31)18-11-20(26(34)35)21(27(36)37)12-19(18)25(32)33/h1-2,4,6,8-12,23H,3,5,7,13H2,(H,32,33)(H,34,35)(H,36,37)/t23-/m0/s1. The van der Waals surface area contributed by atoms with Crippen LogP contribution in [0.4, 0.5) is 0 Å². The second-order valence-corrected chi connectivity index (χ2v) is 9.48. The molecule has 8 nitrogen and oxygen atoms in total. The number of halogens is 2. The number of rotatable bonds is 7. The number of benzene rings is 3. The van der Waals surface area contributed by atoms with Gasteiger partial charge in [-0.25, -0.2) is 14.4 Å². The molecule has 0 saturated carbocycles. The van der Waals surface area contributed by atoms with E-state index in [4.69, 9.17) is 23.2 Å². The first-order valence-corrected chi connectivity index (χ1v) is 12.0. The van der Waals surface area contributed by atoms with Gasteiger partial charge in [0.15, 0.2) is 0 Å². The highest BCUT2D eigenvalue weighted by Crippen LogP contribution is 2.37. The molecule has 0 heterocycles. The molecule has 4 rings (SSSR count). The molecule has 1 amide bonds. The van der Waals surface area contributed by atoms with Crippen molar-refractivity contribution in [2.45, 2.75) is 31.8 Å². The van der Waals surface area contributed by atoms with Crippen molar-refractivity contribution < 1.29 is 34.5 Å². The summed E-state index contributed by atoms with van der Waals surface area (Å²) in [5.41, 5.74) is 0.0483. The molecule has 0 bridgehead atoms. The Labute approximate surface area is 221 Å². The van der Waals surface area contributed by atoms with Crippen molar-refractivity contribution in [2.75, 3.05) is 0 Å². The molecule has 0 radical (unpaired) electrons. The Morgan fingerprint density at radius 3 is 2.03 bits per heavy atom. The van der Waals surface area contributed by atoms with Crippen molar-refractivity contribution in [1.29, 1.82) is 0 Å². The highest BCUT2D eigenvalue weighted by Gasteiger charge is 2.34. The summed E-state index contributed by atoms with van der Waals surface area (Å²) >= 11 is 12.4. The lowest BCUT2D eigenvalue weighted by Gasteiger charge is -2.36. The Balaban J connectivity index is 1.90. The van der Waals surface area contributed by atoms with Gasteiger partial charge in [-0.2, -0.15) is 0 Å². The van der Waals surface area contributed by atoms with Crippen LogP contribution in [0.5, 0.6) is 0 Å². The van der Waals surface area contributed by atoms with Crippen LogP contribution in [0.15, 0.2) is 54.6 Å². The minimum absolute atomic E-state index is 0.0179. The van der Waals surface area contributed by atoms with Crippen LogP contribution in [-0.2, 0) is 13.0 Å². The fraction of sp³-hybridized carbons (Fsp3) is 0.185. The minimum Gasteiger partial charge on any atom is -0.478 e. The Bertz CT molecular complexity index is 1440. The predicted molar refractivity (Wildman–Crippen MR) is 136 cm³/mol. The second kappa shape index (κ2) is 10.6. The lowest BCUT2D eigenvalue weighted by molar-refractivity contribution is 0.0611. The van der Waals surface area contributed by atoms with Crippen LogP contribution in [0.3, 0.4) is 0 Å². The molecule has 3 aromatic rings. The third-order valence-corrected chi connectivity index (χ3v) is 7.00. The zero-order chi connectivity index (χ0) is 26.9. The van der Waals surface area contributed by atoms with Gasteiger partial charge < -0.3 is 20.2 Å². The van der Waals surface area contributed by atoms with E-state index in [0.29, 0.717) is 28.1 Å². The molecule has 1 aliphatic carbocycles. The highest BCUT2D eigenvalue weighted by atomic mass is 35.5. The van der Waals surface area contributed by atoms with Gasteiger partial charge in [-0.3, -0.25) is 4.79 Å². The van der Waals surface area contributed by atoms with E-state index in [2.05, 4.69) is 0 Å². The lowest BCUT2D eigenvalue weighted by Crippen LogP contribution is -2.37. The van der Waals surface area contributed by atoms with Crippen LogP contribution >= 0.6 is 23.2 Å². The summed E-state index contributed by atoms with van der Waals surface area (Å²) in [5, 5.41) is 29.6. The topological polar surface area (TPSA) is 132 Å². The van der Waals surface area contributed by atoms with Gasteiger partial charge in [-0.1, -0.05) is 53.5 Å². The molecule has 37 heavy (non-hydrogen) atoms. The van der Waals surface area contributed by atoms with E-state index in [0.717, 1.165) is 30.0 Å². The normalized spacial score (nSPS) is 14.5. The van der Waals surface area contributed by atoms with E-state index in [9.17, 15) is 34.5 Å². The Morgan fingerprint density at radius 2 is 1.41 bits per heavy atom. The second-order valence-electron chi connectivity index (χ2n) is 8.63. The summed E-state index contributed by atoms with van der Waals surface area (Å²) in [6.07, 6.45) is 2.16. The number of carboxylic acid groups (broad SMARTS) is 3. The summed E-state index contributed by atoms with van der Waals surface area (Å²) in [6.45, 7) is -0.0179. The van der Waals surface area contributed by atoms with Gasteiger partial charge in [0.05, 0.1) is 28.3 Å². The molecule has 0 saturated heterocycles. The Morgan fingerprint density at radius 1 is 0.811 bits per heavy atom. The van der Waals surface area contributed by atoms with Gasteiger partial charge in [-0.05, 0) is 60.2 Å². The first-order chi connectivity index (χ1) is 17.6. The van der Waals surface area contributed by atoms with E-state index >= 15 is 0 Å². The molecule has 3 N–H and O–H groups in total. The fourth-order valence-corrected chi connectivity index (χ4v) is 5.14. The van der Waals surface area contributed by atoms with E-state index in [1.807, 2.05) is 24.3 Å². The maximum absolute atomic E-state index is 14.1. The van der Waals surface area contributed by atoms with Crippen LogP contribution in [0.25, 0.3) is 0 Å². The number of carboxylic acids is 3. The van der Waals surface area contributed by atoms with Crippen LogP contribution in [-0.4, -0.2) is 44.0 Å². The SMILES string of the molecule is O=C(O)c1cc(C(=O)O)c(C(=O)N(Cc2ccc(Cl)cc2Cl)[C@H]2CCCc3ccccc32)cc1C(=O)O. The first kappa shape index (κ1) is 26.2. The summed E-state index contributed by atoms with van der Waals surface area (Å²) in [4.78, 5) is 51.1. The van der Waals surface area contributed by atoms with Gasteiger partial charge in [0, 0.05) is 16.6 Å². The number of amides is 1. The van der Waals surface area contributed by atoms with Crippen molar-refractivity contribution in [3.63, 3.8) is 0 Å². The number of hydrogen-bond acceptors (Lipinski definition) is 4. The quantitative estimate of drug-likeness (QED) is 0.343. The fourth-order valence-electron chi connectivity index (χ4n) is 4.67. The molecule has 10 heteroatoms. The monoisotopic (exact) mass is 541 g/mol. The average Bonchev–Trinajstić information content (AvgIpc) is 2.86. The van der Waals surface area contributed by atoms with Crippen molar-refractivity contribution in [3.05, 3.63) is 104 Å². The van der Waals surface area contributed by atoms with Crippen molar-refractivity contribution >= 4 is 47.0 Å². The van der Waals surface area contributed by atoms with Crippen molar-refractivity contribution in [2.24, 2.45) is 0 Å². The van der Waals surface area contributed by atoms with Crippen LogP contribution in [0, 0.1) is 0 Å². The summed E-state index contributed by atoms with van der Waals surface area (Å²) in [7, 11) is 0. The van der Waals surface area contributed by atoms with Crippen molar-refractivity contribution in [1.82, 2.24) is 4.90 Å². The van der Waals surface area contributed by atoms with E-state index in [1.165, 1.54) is 11.0 Å². The van der Waals surface area contributed by atoms with Crippen LogP contribution < -0.4 is 0 Å². The first-order valence-electron chi connectivity index (χ1n) is 11.3. The van der Waals surface area contributed by atoms with Gasteiger partial charge in [0.1, 0.15) is 0 Å². The average molecular weight is 542 g/mol. The molecule has 0 fully saturated rings.